The van der Waals surface area contributed by atoms with Crippen molar-refractivity contribution in [2.24, 2.45) is 0 Å². The lowest BCUT2D eigenvalue weighted by Gasteiger charge is -2.33. The van der Waals surface area contributed by atoms with E-state index in [0.29, 0.717) is 44.1 Å². The van der Waals surface area contributed by atoms with E-state index in [0.717, 1.165) is 11.1 Å². The summed E-state index contributed by atoms with van der Waals surface area (Å²) in [6.45, 7) is 5.56. The Morgan fingerprint density at radius 1 is 1.32 bits per heavy atom. The molecule has 0 unspecified atom stereocenters. The van der Waals surface area contributed by atoms with Gasteiger partial charge in [-0.25, -0.2) is 4.79 Å². The minimum Gasteiger partial charge on any atom is -0.453 e. The number of aliphatic hydroxyl groups is 3. The van der Waals surface area contributed by atoms with Crippen LogP contribution in [0.4, 0.5) is 0 Å². The first-order valence-electron chi connectivity index (χ1n) is 8.95. The standard InChI is InChI=1S/C20H32O5/c1-15(11-13-21)9-10-18(23)20(3)12-5-8-17(19(24)25-20)7-4-6-16(2)14-22/h6,8,11,18,21-23H,4-5,7,9-10,12-14H2,1-3H3/b15-11-,16-6+/t18-,20-/m0/s1. The molecule has 0 aromatic rings. The van der Waals surface area contributed by atoms with Gasteiger partial charge in [0.05, 0.1) is 19.3 Å². The van der Waals surface area contributed by atoms with Crippen molar-refractivity contribution >= 4 is 5.97 Å². The summed E-state index contributed by atoms with van der Waals surface area (Å²) in [4.78, 5) is 12.4. The average molecular weight is 352 g/mol. The van der Waals surface area contributed by atoms with Gasteiger partial charge in [-0.3, -0.25) is 0 Å². The Balaban J connectivity index is 2.63. The van der Waals surface area contributed by atoms with Crippen molar-refractivity contribution in [3.05, 3.63) is 34.9 Å². The van der Waals surface area contributed by atoms with Gasteiger partial charge in [0.1, 0.15) is 5.60 Å². The predicted octanol–water partition coefficient (Wildman–Crippen LogP) is 2.81. The van der Waals surface area contributed by atoms with Crippen LogP contribution < -0.4 is 0 Å². The number of allylic oxidation sites excluding steroid dienone is 3. The van der Waals surface area contributed by atoms with Crippen LogP contribution in [0.15, 0.2) is 34.9 Å². The maximum atomic E-state index is 12.4. The summed E-state index contributed by atoms with van der Waals surface area (Å²) in [7, 11) is 0. The van der Waals surface area contributed by atoms with Gasteiger partial charge in [0.15, 0.2) is 0 Å². The van der Waals surface area contributed by atoms with Crippen molar-refractivity contribution in [3.8, 4) is 0 Å². The van der Waals surface area contributed by atoms with Crippen molar-refractivity contribution in [2.45, 2.75) is 71.0 Å². The molecule has 0 aliphatic carbocycles. The zero-order chi connectivity index (χ0) is 18.9. The number of carbonyl (C=O) groups is 1. The van der Waals surface area contributed by atoms with Crippen LogP contribution in [0.2, 0.25) is 0 Å². The van der Waals surface area contributed by atoms with E-state index in [2.05, 4.69) is 0 Å². The van der Waals surface area contributed by atoms with Gasteiger partial charge in [-0.15, -0.1) is 0 Å². The maximum Gasteiger partial charge on any atom is 0.334 e. The first-order valence-corrected chi connectivity index (χ1v) is 8.95. The van der Waals surface area contributed by atoms with Gasteiger partial charge in [0.25, 0.3) is 0 Å². The van der Waals surface area contributed by atoms with E-state index in [4.69, 9.17) is 14.9 Å². The molecule has 5 heteroatoms. The highest BCUT2D eigenvalue weighted by atomic mass is 16.6. The Morgan fingerprint density at radius 2 is 2.04 bits per heavy atom. The van der Waals surface area contributed by atoms with Crippen LogP contribution in [0.1, 0.15) is 59.3 Å². The van der Waals surface area contributed by atoms with Crippen LogP contribution >= 0.6 is 0 Å². The SMILES string of the molecule is C/C(=C/CO)CC[C@H](O)[C@]1(C)CCC=C(CC/C=C(\C)CO)C(=O)O1. The second-order valence-electron chi connectivity index (χ2n) is 7.01. The third-order valence-electron chi connectivity index (χ3n) is 4.73. The summed E-state index contributed by atoms with van der Waals surface area (Å²) in [5, 5.41) is 28.4. The van der Waals surface area contributed by atoms with Gasteiger partial charge in [-0.2, -0.15) is 0 Å². The second kappa shape index (κ2) is 10.5. The van der Waals surface area contributed by atoms with Crippen molar-refractivity contribution < 1.29 is 24.9 Å². The molecule has 0 bridgehead atoms. The van der Waals surface area contributed by atoms with Gasteiger partial charge in [0, 0.05) is 5.57 Å². The van der Waals surface area contributed by atoms with Crippen molar-refractivity contribution in [3.63, 3.8) is 0 Å². The molecule has 0 fully saturated rings. The molecule has 0 spiro atoms. The zero-order valence-corrected chi connectivity index (χ0v) is 15.6. The van der Waals surface area contributed by atoms with E-state index >= 15 is 0 Å². The van der Waals surface area contributed by atoms with Crippen LogP contribution in [0.3, 0.4) is 0 Å². The summed E-state index contributed by atoms with van der Waals surface area (Å²) in [5.41, 5.74) is 1.63. The van der Waals surface area contributed by atoms with Crippen molar-refractivity contribution in [1.29, 1.82) is 0 Å². The maximum absolute atomic E-state index is 12.4. The average Bonchev–Trinajstić information content (AvgIpc) is 2.72. The number of hydrogen-bond donors (Lipinski definition) is 3. The van der Waals surface area contributed by atoms with Crippen LogP contribution in [-0.4, -0.2) is 46.2 Å². The third kappa shape index (κ3) is 7.14. The molecular weight excluding hydrogens is 320 g/mol. The van der Waals surface area contributed by atoms with Crippen LogP contribution in [0, 0.1) is 0 Å². The normalized spacial score (nSPS) is 23.8. The number of cyclic esters (lactones) is 1. The molecule has 0 radical (unpaired) electrons. The smallest absolute Gasteiger partial charge is 0.334 e. The third-order valence-corrected chi connectivity index (χ3v) is 4.73. The predicted molar refractivity (Wildman–Crippen MR) is 98.0 cm³/mol. The molecule has 142 valence electrons. The van der Waals surface area contributed by atoms with E-state index in [9.17, 15) is 9.90 Å². The Labute approximate surface area is 150 Å². The minimum atomic E-state index is -0.897. The van der Waals surface area contributed by atoms with Gasteiger partial charge >= 0.3 is 5.97 Å². The van der Waals surface area contributed by atoms with E-state index < -0.39 is 11.7 Å². The van der Waals surface area contributed by atoms with E-state index in [1.165, 1.54) is 0 Å². The lowest BCUT2D eigenvalue weighted by molar-refractivity contribution is -0.166. The lowest BCUT2D eigenvalue weighted by atomic mass is 9.89. The topological polar surface area (TPSA) is 87.0 Å². The molecule has 1 aliphatic heterocycles. The van der Waals surface area contributed by atoms with Gasteiger partial charge in [-0.1, -0.05) is 29.4 Å². The van der Waals surface area contributed by atoms with E-state index in [1.807, 2.05) is 26.0 Å². The van der Waals surface area contributed by atoms with E-state index in [1.54, 1.807) is 13.0 Å². The Morgan fingerprint density at radius 3 is 2.68 bits per heavy atom. The molecule has 0 amide bonds. The molecule has 1 heterocycles. The zero-order valence-electron chi connectivity index (χ0n) is 15.6. The van der Waals surface area contributed by atoms with Gasteiger partial charge in [0.2, 0.25) is 0 Å². The molecule has 0 saturated heterocycles. The Hall–Kier alpha value is -1.43. The summed E-state index contributed by atoms with van der Waals surface area (Å²) in [6, 6.07) is 0. The molecule has 1 aliphatic rings. The summed E-state index contributed by atoms with van der Waals surface area (Å²) < 4.78 is 5.65. The molecule has 1 rings (SSSR count). The van der Waals surface area contributed by atoms with Gasteiger partial charge < -0.3 is 20.1 Å². The van der Waals surface area contributed by atoms with Gasteiger partial charge in [-0.05, 0) is 59.3 Å². The molecule has 3 N–H and O–H groups in total. The highest BCUT2D eigenvalue weighted by Crippen LogP contribution is 2.31. The first-order chi connectivity index (χ1) is 11.8. The number of esters is 1. The van der Waals surface area contributed by atoms with Crippen molar-refractivity contribution in [1.82, 2.24) is 0 Å². The Bertz CT molecular complexity index is 532. The van der Waals surface area contributed by atoms with Crippen LogP contribution in [-0.2, 0) is 9.53 Å². The van der Waals surface area contributed by atoms with Crippen LogP contribution in [0.5, 0.6) is 0 Å². The monoisotopic (exact) mass is 352 g/mol. The second-order valence-corrected chi connectivity index (χ2v) is 7.01. The fourth-order valence-corrected chi connectivity index (χ4v) is 2.85. The molecule has 0 aromatic heterocycles. The highest BCUT2D eigenvalue weighted by Gasteiger charge is 2.38. The molecular formula is C20H32O5. The largest absolute Gasteiger partial charge is 0.453 e. The quantitative estimate of drug-likeness (QED) is 0.439. The Kier molecular flexibility index (Phi) is 9.11. The summed E-state index contributed by atoms with van der Waals surface area (Å²) in [5.74, 6) is -0.364. The summed E-state index contributed by atoms with van der Waals surface area (Å²) in [6.07, 6.45) is 8.44. The lowest BCUT2D eigenvalue weighted by Crippen LogP contribution is -2.43. The van der Waals surface area contributed by atoms with Crippen molar-refractivity contribution in [2.75, 3.05) is 13.2 Å². The number of ether oxygens (including phenoxy) is 1. The number of aliphatic hydroxyl groups excluding tert-OH is 3. The van der Waals surface area contributed by atoms with E-state index in [-0.39, 0.29) is 19.2 Å². The number of rotatable bonds is 9. The van der Waals surface area contributed by atoms with Crippen LogP contribution in [0.25, 0.3) is 0 Å². The fourth-order valence-electron chi connectivity index (χ4n) is 2.85. The number of carbonyl (C=O) groups excluding carboxylic acids is 1. The molecule has 0 saturated carbocycles. The summed E-state index contributed by atoms with van der Waals surface area (Å²) >= 11 is 0. The molecule has 25 heavy (non-hydrogen) atoms. The molecule has 5 nitrogen and oxygen atoms in total. The molecule has 0 aromatic carbocycles. The number of hydrogen-bond acceptors (Lipinski definition) is 5. The fraction of sp³-hybridized carbons (Fsp3) is 0.650. The molecule has 2 atom stereocenters. The first kappa shape index (κ1) is 21.6. The minimum absolute atomic E-state index is 0.00827. The highest BCUT2D eigenvalue weighted by molar-refractivity contribution is 5.89.